The summed E-state index contributed by atoms with van der Waals surface area (Å²) in [7, 11) is -4.91. The number of hydrogen-bond donors (Lipinski definition) is 3. The molecule has 37 heavy (non-hydrogen) atoms. The molecule has 1 aliphatic rings. The van der Waals surface area contributed by atoms with E-state index in [4.69, 9.17) is 5.73 Å². The lowest BCUT2D eigenvalue weighted by molar-refractivity contribution is -0.139. The Kier molecular flexibility index (Phi) is 8.72. The lowest BCUT2D eigenvalue weighted by Gasteiger charge is -2.25. The zero-order valence-electron chi connectivity index (χ0n) is 20.2. The second-order valence-electron chi connectivity index (χ2n) is 8.60. The first-order valence-electron chi connectivity index (χ1n) is 11.5. The maximum absolute atomic E-state index is 13.0. The monoisotopic (exact) mass is 549 g/mol. The van der Waals surface area contributed by atoms with Gasteiger partial charge < -0.3 is 10.8 Å². The maximum atomic E-state index is 13.0. The molecule has 1 saturated heterocycles. The molecule has 3 amide bonds. The van der Waals surface area contributed by atoms with Gasteiger partial charge >= 0.3 is 5.97 Å². The number of unbranched alkanes of at least 4 members (excludes halogenated alkanes) is 1. The minimum Gasteiger partial charge on any atom is -0.481 e. The Labute approximate surface area is 218 Å². The van der Waals surface area contributed by atoms with Crippen molar-refractivity contribution in [2.75, 3.05) is 4.90 Å². The Balaban J connectivity index is 2.26. The van der Waals surface area contributed by atoms with E-state index < -0.39 is 51.4 Å². The Hall–Kier alpha value is -3.29. The summed E-state index contributed by atoms with van der Waals surface area (Å²) in [4.78, 5) is 55.5. The first-order chi connectivity index (χ1) is 17.4. The van der Waals surface area contributed by atoms with E-state index in [9.17, 15) is 37.3 Å². The van der Waals surface area contributed by atoms with Crippen LogP contribution in [0.2, 0.25) is 0 Å². The van der Waals surface area contributed by atoms with Gasteiger partial charge in [-0.2, -0.15) is 8.42 Å². The first kappa shape index (κ1) is 28.3. The molecular formula is C24H27N3O8S2. The highest BCUT2D eigenvalue weighted by molar-refractivity contribution is 7.99. The number of pyridine rings is 1. The molecule has 11 nitrogen and oxygen atoms in total. The number of nitrogens with zero attached hydrogens (tertiary/aromatic N) is 2. The van der Waals surface area contributed by atoms with E-state index in [1.807, 2.05) is 6.92 Å². The third kappa shape index (κ3) is 6.17. The van der Waals surface area contributed by atoms with Gasteiger partial charge in [-0.25, -0.2) is 9.88 Å². The summed E-state index contributed by atoms with van der Waals surface area (Å²) in [5.41, 5.74) is 5.46. The van der Waals surface area contributed by atoms with E-state index in [2.05, 4.69) is 4.98 Å². The van der Waals surface area contributed by atoms with Crippen LogP contribution < -0.4 is 10.6 Å². The van der Waals surface area contributed by atoms with Crippen molar-refractivity contribution in [1.82, 2.24) is 4.98 Å². The fourth-order valence-corrected chi connectivity index (χ4v) is 5.83. The van der Waals surface area contributed by atoms with Crippen molar-refractivity contribution in [3.8, 4) is 0 Å². The van der Waals surface area contributed by atoms with Crippen LogP contribution in [-0.2, 0) is 24.5 Å². The van der Waals surface area contributed by atoms with Gasteiger partial charge in [0.05, 0.1) is 28.6 Å². The standard InChI is InChI=1S/C24H27N3O8S2/c1-3-4-7-15(24(31)32)16-10-14(13(2)36-19-8-5-6-9-26-19)11-17(21(16)22(25)29)27-20(28)12-18(23(27)30)37(33,34)35/h5-6,8-11,13,15,18H,3-4,7,12H2,1-2H3,(H2,25,29)(H,31,32)(H,33,34,35). The highest BCUT2D eigenvalue weighted by atomic mass is 32.2. The number of hydrogen-bond acceptors (Lipinski definition) is 8. The Morgan fingerprint density at radius 2 is 1.97 bits per heavy atom. The van der Waals surface area contributed by atoms with Gasteiger partial charge in [-0.3, -0.25) is 23.7 Å². The molecule has 1 aromatic heterocycles. The molecule has 3 rings (SSSR count). The number of carbonyl (C=O) groups is 4. The van der Waals surface area contributed by atoms with Crippen molar-refractivity contribution in [3.63, 3.8) is 0 Å². The first-order valence-corrected chi connectivity index (χ1v) is 13.9. The van der Waals surface area contributed by atoms with Crippen LogP contribution in [0.5, 0.6) is 0 Å². The lowest BCUT2D eigenvalue weighted by atomic mass is 9.86. The minimum absolute atomic E-state index is 0.0188. The highest BCUT2D eigenvalue weighted by Gasteiger charge is 2.48. The molecule has 3 unspecified atom stereocenters. The normalized spacial score (nSPS) is 17.6. The van der Waals surface area contributed by atoms with Crippen LogP contribution in [0.1, 0.15) is 72.2 Å². The van der Waals surface area contributed by atoms with Crippen LogP contribution in [0.3, 0.4) is 0 Å². The second-order valence-corrected chi connectivity index (χ2v) is 11.6. The Bertz CT molecular complexity index is 1330. The number of primary amides is 1. The van der Waals surface area contributed by atoms with Gasteiger partial charge in [-0.05, 0) is 42.7 Å². The van der Waals surface area contributed by atoms with Crippen LogP contribution in [0, 0.1) is 0 Å². The molecule has 3 atom stereocenters. The topological polar surface area (TPSA) is 185 Å². The number of amides is 3. The van der Waals surface area contributed by atoms with E-state index in [1.54, 1.807) is 31.3 Å². The van der Waals surface area contributed by atoms with E-state index >= 15 is 0 Å². The fraction of sp³-hybridized carbons (Fsp3) is 0.375. The van der Waals surface area contributed by atoms with E-state index in [-0.39, 0.29) is 28.5 Å². The zero-order chi connectivity index (χ0) is 27.5. The average Bonchev–Trinajstić information content (AvgIpc) is 3.13. The van der Waals surface area contributed by atoms with Gasteiger partial charge in [0.25, 0.3) is 21.9 Å². The second kappa shape index (κ2) is 11.4. The quantitative estimate of drug-likeness (QED) is 0.214. The molecule has 0 saturated carbocycles. The van der Waals surface area contributed by atoms with Crippen LogP contribution in [0.25, 0.3) is 0 Å². The molecule has 198 valence electrons. The SMILES string of the molecule is CCCCC(C(=O)O)c1cc(C(C)Sc2ccccn2)cc(N2C(=O)CC(S(=O)(=O)O)C2=O)c1C(N)=O. The number of aromatic nitrogens is 1. The average molecular weight is 550 g/mol. The summed E-state index contributed by atoms with van der Waals surface area (Å²) in [6, 6.07) is 8.17. The van der Waals surface area contributed by atoms with E-state index in [0.29, 0.717) is 28.3 Å². The molecule has 13 heteroatoms. The molecular weight excluding hydrogens is 522 g/mol. The Morgan fingerprint density at radius 1 is 1.27 bits per heavy atom. The van der Waals surface area contributed by atoms with Crippen molar-refractivity contribution in [2.45, 2.75) is 61.0 Å². The molecule has 2 aromatic rings. The van der Waals surface area contributed by atoms with Gasteiger partial charge in [-0.15, -0.1) is 0 Å². The zero-order valence-corrected chi connectivity index (χ0v) is 21.8. The summed E-state index contributed by atoms with van der Waals surface area (Å²) in [6.45, 7) is 3.67. The van der Waals surface area contributed by atoms with Crippen molar-refractivity contribution < 1.29 is 37.3 Å². The molecule has 4 N–H and O–H groups in total. The number of thioether (sulfide) groups is 1. The smallest absolute Gasteiger partial charge is 0.310 e. The lowest BCUT2D eigenvalue weighted by Crippen LogP contribution is -2.37. The number of carboxylic acid groups (broad SMARTS) is 1. The molecule has 1 aromatic carbocycles. The number of imide groups is 1. The summed E-state index contributed by atoms with van der Waals surface area (Å²) >= 11 is 1.32. The number of aliphatic carboxylic acids is 1. The van der Waals surface area contributed by atoms with Crippen molar-refractivity contribution in [3.05, 3.63) is 53.2 Å². The number of carboxylic acids is 1. The van der Waals surface area contributed by atoms with Crippen molar-refractivity contribution >= 4 is 51.3 Å². The molecule has 0 aliphatic carbocycles. The van der Waals surface area contributed by atoms with Gasteiger partial charge in [0.1, 0.15) is 0 Å². The summed E-state index contributed by atoms with van der Waals surface area (Å²) in [6.07, 6.45) is 2.12. The van der Waals surface area contributed by atoms with Gasteiger partial charge in [0.2, 0.25) is 5.91 Å². The number of carbonyl (C=O) groups excluding carboxylic acids is 3. The molecule has 2 heterocycles. The largest absolute Gasteiger partial charge is 0.481 e. The summed E-state index contributed by atoms with van der Waals surface area (Å²) < 4.78 is 32.9. The maximum Gasteiger partial charge on any atom is 0.310 e. The minimum atomic E-state index is -4.91. The molecule has 0 spiro atoms. The third-order valence-corrected chi connectivity index (χ3v) is 8.24. The highest BCUT2D eigenvalue weighted by Crippen LogP contribution is 2.41. The molecule has 0 bridgehead atoms. The Morgan fingerprint density at radius 3 is 2.49 bits per heavy atom. The van der Waals surface area contributed by atoms with Crippen LogP contribution in [-0.4, -0.2) is 52.0 Å². The van der Waals surface area contributed by atoms with Crippen molar-refractivity contribution in [1.29, 1.82) is 0 Å². The summed E-state index contributed by atoms with van der Waals surface area (Å²) in [5, 5.41) is 8.23. The number of anilines is 1. The predicted octanol–water partition coefficient (Wildman–Crippen LogP) is 2.91. The molecule has 1 fully saturated rings. The van der Waals surface area contributed by atoms with Crippen LogP contribution in [0.4, 0.5) is 5.69 Å². The van der Waals surface area contributed by atoms with Crippen molar-refractivity contribution in [2.24, 2.45) is 5.73 Å². The molecule has 0 radical (unpaired) electrons. The number of nitrogens with two attached hydrogens (primary N) is 1. The summed E-state index contributed by atoms with van der Waals surface area (Å²) in [5.74, 6) is -5.70. The van der Waals surface area contributed by atoms with Crippen LogP contribution in [0.15, 0.2) is 41.6 Å². The van der Waals surface area contributed by atoms with E-state index in [0.717, 1.165) is 0 Å². The fourth-order valence-electron chi connectivity index (χ4n) is 4.20. The number of rotatable bonds is 11. The third-order valence-electron chi connectivity index (χ3n) is 6.05. The van der Waals surface area contributed by atoms with Gasteiger partial charge in [0, 0.05) is 11.4 Å². The van der Waals surface area contributed by atoms with Crippen LogP contribution >= 0.6 is 11.8 Å². The predicted molar refractivity (Wildman–Crippen MR) is 136 cm³/mol. The number of benzene rings is 1. The molecule has 1 aliphatic heterocycles. The van der Waals surface area contributed by atoms with Gasteiger partial charge in [0.15, 0.2) is 5.25 Å². The van der Waals surface area contributed by atoms with E-state index in [1.165, 1.54) is 23.9 Å². The van der Waals surface area contributed by atoms with Gasteiger partial charge in [-0.1, -0.05) is 43.7 Å².